The van der Waals surface area contributed by atoms with Crippen LogP contribution in [0.15, 0.2) is 47.2 Å². The molecule has 3 rings (SSSR count). The molecule has 2 aromatic heterocycles. The summed E-state index contributed by atoms with van der Waals surface area (Å²) < 4.78 is 6.02. The van der Waals surface area contributed by atoms with Gasteiger partial charge in [0.05, 0.1) is 18.8 Å². The predicted octanol–water partition coefficient (Wildman–Crippen LogP) is 3.66. The van der Waals surface area contributed by atoms with Crippen LogP contribution in [0.4, 0.5) is 10.6 Å². The predicted molar refractivity (Wildman–Crippen MR) is 92.6 cm³/mol. The largest absolute Gasteiger partial charge is 0.497 e. The molecular formula is C16H15BrN4O2. The van der Waals surface area contributed by atoms with E-state index in [4.69, 9.17) is 4.74 Å². The third-order valence-corrected chi connectivity index (χ3v) is 4.03. The molecular weight excluding hydrogens is 360 g/mol. The lowest BCUT2D eigenvalue weighted by Crippen LogP contribution is -2.28. The Balaban J connectivity index is 1.60. The van der Waals surface area contributed by atoms with Crippen molar-refractivity contribution in [2.75, 3.05) is 12.4 Å². The van der Waals surface area contributed by atoms with Gasteiger partial charge in [0.15, 0.2) is 0 Å². The van der Waals surface area contributed by atoms with Gasteiger partial charge in [-0.05, 0) is 39.7 Å². The number of hydrogen-bond donors (Lipinski definition) is 3. The number of nitrogens with one attached hydrogen (secondary N) is 3. The maximum atomic E-state index is 12.0. The van der Waals surface area contributed by atoms with Crippen molar-refractivity contribution >= 4 is 38.7 Å². The molecule has 0 unspecified atom stereocenters. The highest BCUT2D eigenvalue weighted by Crippen LogP contribution is 2.24. The number of amides is 2. The molecule has 0 atom stereocenters. The van der Waals surface area contributed by atoms with E-state index in [0.29, 0.717) is 12.4 Å². The van der Waals surface area contributed by atoms with E-state index in [-0.39, 0.29) is 6.03 Å². The summed E-state index contributed by atoms with van der Waals surface area (Å²) in [5, 5.41) is 6.48. The van der Waals surface area contributed by atoms with Gasteiger partial charge in [-0.25, -0.2) is 9.78 Å². The van der Waals surface area contributed by atoms with E-state index >= 15 is 0 Å². The Morgan fingerprint density at radius 3 is 2.87 bits per heavy atom. The average Bonchev–Trinajstić information content (AvgIpc) is 2.94. The first kappa shape index (κ1) is 15.4. The summed E-state index contributed by atoms with van der Waals surface area (Å²) in [6, 6.07) is 9.02. The normalized spacial score (nSPS) is 10.5. The monoisotopic (exact) mass is 374 g/mol. The number of anilines is 1. The first-order valence-corrected chi connectivity index (χ1v) is 7.75. The number of carbonyl (C=O) groups is 1. The van der Waals surface area contributed by atoms with Crippen LogP contribution in [0.2, 0.25) is 0 Å². The van der Waals surface area contributed by atoms with Crippen molar-refractivity contribution in [3.8, 4) is 5.75 Å². The van der Waals surface area contributed by atoms with Crippen molar-refractivity contribution in [1.29, 1.82) is 0 Å². The number of rotatable bonds is 4. The van der Waals surface area contributed by atoms with Crippen LogP contribution < -0.4 is 15.4 Å². The first-order valence-electron chi connectivity index (χ1n) is 6.96. The maximum Gasteiger partial charge on any atom is 0.320 e. The van der Waals surface area contributed by atoms with Gasteiger partial charge in [-0.1, -0.05) is 12.1 Å². The lowest BCUT2D eigenvalue weighted by atomic mass is 10.2. The number of aromatic amines is 1. The van der Waals surface area contributed by atoms with Crippen LogP contribution in [0.25, 0.3) is 10.9 Å². The fourth-order valence-corrected chi connectivity index (χ4v) is 2.58. The smallest absolute Gasteiger partial charge is 0.320 e. The SMILES string of the molecule is COc1ccc(CNC(=O)Nc2cc3c(Br)c[nH]c3cn2)cc1. The van der Waals surface area contributed by atoms with E-state index in [9.17, 15) is 4.79 Å². The van der Waals surface area contributed by atoms with Crippen LogP contribution in [-0.4, -0.2) is 23.1 Å². The molecule has 3 aromatic rings. The molecule has 0 fully saturated rings. The van der Waals surface area contributed by atoms with Gasteiger partial charge in [0.2, 0.25) is 0 Å². The van der Waals surface area contributed by atoms with E-state index in [1.54, 1.807) is 13.3 Å². The standard InChI is InChI=1S/C16H15BrN4O2/c1-23-11-4-2-10(3-5-11)7-20-16(22)21-15-6-12-13(17)8-18-14(12)9-19-15/h2-6,8-9,18H,7H2,1H3,(H2,19,20,21,22). The molecule has 0 aliphatic heterocycles. The van der Waals surface area contributed by atoms with Crippen LogP contribution in [0.3, 0.4) is 0 Å². The molecule has 0 saturated heterocycles. The molecule has 0 radical (unpaired) electrons. The van der Waals surface area contributed by atoms with E-state index in [2.05, 4.69) is 36.5 Å². The Hall–Kier alpha value is -2.54. The van der Waals surface area contributed by atoms with Gasteiger partial charge in [-0.2, -0.15) is 0 Å². The van der Waals surface area contributed by atoms with Crippen LogP contribution in [-0.2, 0) is 6.54 Å². The zero-order valence-electron chi connectivity index (χ0n) is 12.4. The fraction of sp³-hybridized carbons (Fsp3) is 0.125. The summed E-state index contributed by atoms with van der Waals surface area (Å²) in [7, 11) is 1.62. The minimum Gasteiger partial charge on any atom is -0.497 e. The molecule has 0 aliphatic carbocycles. The molecule has 118 valence electrons. The fourth-order valence-electron chi connectivity index (χ4n) is 2.14. The summed E-state index contributed by atoms with van der Waals surface area (Å²) in [6.07, 6.45) is 3.51. The summed E-state index contributed by atoms with van der Waals surface area (Å²) >= 11 is 3.44. The zero-order chi connectivity index (χ0) is 16.2. The van der Waals surface area contributed by atoms with Gasteiger partial charge >= 0.3 is 6.03 Å². The molecule has 0 aliphatic rings. The molecule has 1 aromatic carbocycles. The number of halogens is 1. The number of nitrogens with zero attached hydrogens (tertiary/aromatic N) is 1. The van der Waals surface area contributed by atoms with Crippen molar-refractivity contribution in [2.45, 2.75) is 6.54 Å². The van der Waals surface area contributed by atoms with Crippen LogP contribution in [0.1, 0.15) is 5.56 Å². The number of pyridine rings is 1. The second kappa shape index (κ2) is 6.70. The van der Waals surface area contributed by atoms with Crippen molar-refractivity contribution in [3.63, 3.8) is 0 Å². The topological polar surface area (TPSA) is 79.0 Å². The number of methoxy groups -OCH3 is 1. The van der Waals surface area contributed by atoms with E-state index in [1.165, 1.54) is 0 Å². The molecule has 6 nitrogen and oxygen atoms in total. The molecule has 2 amide bonds. The lowest BCUT2D eigenvalue weighted by Gasteiger charge is -2.08. The van der Waals surface area contributed by atoms with Crippen molar-refractivity contribution in [3.05, 3.63) is 52.8 Å². The van der Waals surface area contributed by atoms with E-state index in [1.807, 2.05) is 36.5 Å². The molecule has 3 N–H and O–H groups in total. The number of fused-ring (bicyclic) bond motifs is 1. The van der Waals surface area contributed by atoms with Gasteiger partial charge in [0, 0.05) is 22.6 Å². The highest BCUT2D eigenvalue weighted by Gasteiger charge is 2.06. The molecule has 2 heterocycles. The Bertz CT molecular complexity index is 830. The number of aromatic nitrogens is 2. The first-order chi connectivity index (χ1) is 11.2. The van der Waals surface area contributed by atoms with E-state index in [0.717, 1.165) is 26.7 Å². The molecule has 23 heavy (non-hydrogen) atoms. The number of H-pyrrole nitrogens is 1. The molecule has 0 saturated carbocycles. The van der Waals surface area contributed by atoms with Gasteiger partial charge in [-0.15, -0.1) is 0 Å². The summed E-state index contributed by atoms with van der Waals surface area (Å²) in [4.78, 5) is 19.2. The van der Waals surface area contributed by atoms with E-state index < -0.39 is 0 Å². The van der Waals surface area contributed by atoms with Crippen molar-refractivity contribution in [2.24, 2.45) is 0 Å². The Morgan fingerprint density at radius 1 is 1.35 bits per heavy atom. The maximum absolute atomic E-state index is 12.0. The Kier molecular flexibility index (Phi) is 4.47. The van der Waals surface area contributed by atoms with Gasteiger partial charge in [-0.3, -0.25) is 5.32 Å². The number of hydrogen-bond acceptors (Lipinski definition) is 3. The third-order valence-electron chi connectivity index (χ3n) is 3.37. The number of benzene rings is 1. The molecule has 0 bridgehead atoms. The van der Waals surface area contributed by atoms with Gasteiger partial charge < -0.3 is 15.0 Å². The second-order valence-electron chi connectivity index (χ2n) is 4.91. The van der Waals surface area contributed by atoms with Gasteiger partial charge in [0.1, 0.15) is 11.6 Å². The molecule has 7 heteroatoms. The van der Waals surface area contributed by atoms with Gasteiger partial charge in [0.25, 0.3) is 0 Å². The quantitative estimate of drug-likeness (QED) is 0.651. The molecule has 0 spiro atoms. The second-order valence-corrected chi connectivity index (χ2v) is 5.76. The minimum absolute atomic E-state index is 0.306. The average molecular weight is 375 g/mol. The third kappa shape index (κ3) is 3.62. The highest BCUT2D eigenvalue weighted by atomic mass is 79.9. The van der Waals surface area contributed by atoms with Crippen LogP contribution >= 0.6 is 15.9 Å². The lowest BCUT2D eigenvalue weighted by molar-refractivity contribution is 0.251. The number of urea groups is 1. The summed E-state index contributed by atoms with van der Waals surface area (Å²) in [6.45, 7) is 0.423. The van der Waals surface area contributed by atoms with Crippen LogP contribution in [0.5, 0.6) is 5.75 Å². The Morgan fingerprint density at radius 2 is 2.13 bits per heavy atom. The minimum atomic E-state index is -0.306. The van der Waals surface area contributed by atoms with Crippen molar-refractivity contribution < 1.29 is 9.53 Å². The number of carbonyl (C=O) groups excluding carboxylic acids is 1. The van der Waals surface area contributed by atoms with Crippen LogP contribution in [0, 0.1) is 0 Å². The highest BCUT2D eigenvalue weighted by molar-refractivity contribution is 9.10. The summed E-state index contributed by atoms with van der Waals surface area (Å²) in [5.74, 6) is 1.28. The Labute approximate surface area is 141 Å². The zero-order valence-corrected chi connectivity index (χ0v) is 14.0. The summed E-state index contributed by atoms with van der Waals surface area (Å²) in [5.41, 5.74) is 1.89. The van der Waals surface area contributed by atoms with Crippen molar-refractivity contribution in [1.82, 2.24) is 15.3 Å². The number of ether oxygens (including phenoxy) is 1.